The summed E-state index contributed by atoms with van der Waals surface area (Å²) in [5.74, 6) is -1.22. The van der Waals surface area contributed by atoms with E-state index in [0.29, 0.717) is 10.7 Å². The van der Waals surface area contributed by atoms with E-state index in [0.717, 1.165) is 11.0 Å². The molecule has 1 N–H and O–H groups in total. The van der Waals surface area contributed by atoms with Gasteiger partial charge in [0.2, 0.25) is 5.91 Å². The van der Waals surface area contributed by atoms with Gasteiger partial charge in [0.05, 0.1) is 22.5 Å². The van der Waals surface area contributed by atoms with Crippen LogP contribution in [0.25, 0.3) is 11.0 Å². The van der Waals surface area contributed by atoms with Gasteiger partial charge in [0.15, 0.2) is 0 Å². The van der Waals surface area contributed by atoms with Crippen molar-refractivity contribution >= 4 is 34.6 Å². The number of nitrogens with one attached hydrogen (secondary N) is 1. The van der Waals surface area contributed by atoms with Gasteiger partial charge < -0.3 is 4.74 Å². The Kier molecular flexibility index (Phi) is 6.15. The minimum Gasteiger partial charge on any atom is -0.435 e. The van der Waals surface area contributed by atoms with Crippen molar-refractivity contribution in [3.05, 3.63) is 59.8 Å². The number of thioether (sulfide) groups is 1. The van der Waals surface area contributed by atoms with Crippen LogP contribution in [0.1, 0.15) is 16.1 Å². The molecule has 0 spiro atoms. The highest BCUT2D eigenvalue weighted by molar-refractivity contribution is 7.99. The number of ether oxygens (including phenoxy) is 1. The summed E-state index contributed by atoms with van der Waals surface area (Å²) in [4.78, 5) is 33.1. The van der Waals surface area contributed by atoms with Crippen LogP contribution in [0.5, 0.6) is 5.75 Å². The molecule has 144 valence electrons. The largest absolute Gasteiger partial charge is 0.435 e. The van der Waals surface area contributed by atoms with Gasteiger partial charge in [0, 0.05) is 5.56 Å². The topological polar surface area (TPSA) is 81.2 Å². The van der Waals surface area contributed by atoms with Crippen LogP contribution in [0.3, 0.4) is 0 Å². The maximum absolute atomic E-state index is 12.1. The van der Waals surface area contributed by atoms with E-state index in [1.165, 1.54) is 36.0 Å². The van der Waals surface area contributed by atoms with E-state index in [1.54, 1.807) is 6.92 Å². The molecule has 0 radical (unpaired) electrons. The number of aryl methyl sites for hydroxylation is 1. The molecular weight excluding hydrogens is 388 g/mol. The lowest BCUT2D eigenvalue weighted by molar-refractivity contribution is -0.117. The minimum atomic E-state index is -2.94. The second kappa shape index (κ2) is 8.75. The Morgan fingerprint density at radius 2 is 1.71 bits per heavy atom. The van der Waals surface area contributed by atoms with E-state index in [2.05, 4.69) is 20.0 Å². The van der Waals surface area contributed by atoms with Crippen molar-refractivity contribution < 1.29 is 23.1 Å². The molecule has 0 bridgehead atoms. The Morgan fingerprint density at radius 3 is 2.36 bits per heavy atom. The number of amides is 2. The average Bonchev–Trinajstić information content (AvgIpc) is 2.66. The zero-order chi connectivity index (χ0) is 20.1. The number of fused-ring (bicyclic) bond motifs is 1. The van der Waals surface area contributed by atoms with Crippen LogP contribution in [-0.4, -0.2) is 34.1 Å². The van der Waals surface area contributed by atoms with Gasteiger partial charge in [-0.2, -0.15) is 8.78 Å². The second-order valence-electron chi connectivity index (χ2n) is 5.67. The first-order valence-electron chi connectivity index (χ1n) is 8.17. The van der Waals surface area contributed by atoms with Gasteiger partial charge >= 0.3 is 6.61 Å². The Hall–Kier alpha value is -3.07. The highest BCUT2D eigenvalue weighted by atomic mass is 32.2. The van der Waals surface area contributed by atoms with Gasteiger partial charge in [-0.1, -0.05) is 23.9 Å². The molecule has 0 fully saturated rings. The zero-order valence-corrected chi connectivity index (χ0v) is 15.5. The molecule has 0 saturated heterocycles. The molecule has 0 aliphatic heterocycles. The molecule has 2 amide bonds. The third-order valence-electron chi connectivity index (χ3n) is 3.64. The van der Waals surface area contributed by atoms with Crippen molar-refractivity contribution in [2.75, 3.05) is 5.75 Å². The molecule has 0 atom stereocenters. The van der Waals surface area contributed by atoms with E-state index >= 15 is 0 Å². The number of carbonyl (C=O) groups is 2. The van der Waals surface area contributed by atoms with Crippen molar-refractivity contribution in [2.45, 2.75) is 18.6 Å². The number of halogens is 2. The fourth-order valence-electron chi connectivity index (χ4n) is 2.37. The average molecular weight is 403 g/mol. The summed E-state index contributed by atoms with van der Waals surface area (Å²) in [5, 5.41) is 2.85. The molecule has 3 aromatic rings. The van der Waals surface area contributed by atoms with Crippen LogP contribution in [0, 0.1) is 6.92 Å². The van der Waals surface area contributed by atoms with Gasteiger partial charge in [0.1, 0.15) is 10.8 Å². The van der Waals surface area contributed by atoms with E-state index in [4.69, 9.17) is 0 Å². The van der Waals surface area contributed by atoms with Gasteiger partial charge in [-0.25, -0.2) is 9.97 Å². The quantitative estimate of drug-likeness (QED) is 0.634. The number of imide groups is 1. The number of rotatable bonds is 6. The monoisotopic (exact) mass is 403 g/mol. The SMILES string of the molecule is Cc1nc2ccccc2nc1SCC(=O)NC(=O)c1ccc(OC(F)F)cc1. The summed E-state index contributed by atoms with van der Waals surface area (Å²) in [6.45, 7) is -1.15. The molecule has 0 unspecified atom stereocenters. The van der Waals surface area contributed by atoms with Crippen LogP contribution < -0.4 is 10.1 Å². The number of carbonyl (C=O) groups excluding carboxylic acids is 2. The summed E-state index contributed by atoms with van der Waals surface area (Å²) in [7, 11) is 0. The number of hydrogen-bond donors (Lipinski definition) is 1. The Morgan fingerprint density at radius 1 is 1.07 bits per heavy atom. The van der Waals surface area contributed by atoms with Crippen molar-refractivity contribution in [1.29, 1.82) is 0 Å². The summed E-state index contributed by atoms with van der Waals surface area (Å²) in [6, 6.07) is 12.5. The van der Waals surface area contributed by atoms with Gasteiger partial charge in [0.25, 0.3) is 5.91 Å². The number of hydrogen-bond acceptors (Lipinski definition) is 6. The molecule has 0 saturated carbocycles. The molecule has 0 aliphatic carbocycles. The normalized spacial score (nSPS) is 10.9. The molecular formula is C19H15F2N3O3S. The highest BCUT2D eigenvalue weighted by Gasteiger charge is 2.13. The first kappa shape index (κ1) is 19.7. The predicted molar refractivity (Wildman–Crippen MR) is 101 cm³/mol. The third kappa shape index (κ3) is 5.01. The van der Waals surface area contributed by atoms with Crippen LogP contribution in [0.2, 0.25) is 0 Å². The van der Waals surface area contributed by atoms with E-state index in [1.807, 2.05) is 24.3 Å². The standard InChI is InChI=1S/C19H15F2N3O3S/c1-11-18(23-15-5-3-2-4-14(15)22-11)28-10-16(25)24-17(26)12-6-8-13(9-7-12)27-19(20)21/h2-9,19H,10H2,1H3,(H,24,25,26). The lowest BCUT2D eigenvalue weighted by Gasteiger charge is -2.08. The summed E-state index contributed by atoms with van der Waals surface area (Å²) < 4.78 is 28.5. The van der Waals surface area contributed by atoms with E-state index in [-0.39, 0.29) is 17.1 Å². The minimum absolute atomic E-state index is 0.0216. The lowest BCUT2D eigenvalue weighted by atomic mass is 10.2. The molecule has 1 heterocycles. The summed E-state index contributed by atoms with van der Waals surface area (Å²) in [6.07, 6.45) is 0. The Labute approximate surface area is 163 Å². The van der Waals surface area contributed by atoms with Crippen molar-refractivity contribution in [2.24, 2.45) is 0 Å². The van der Waals surface area contributed by atoms with Crippen molar-refractivity contribution in [3.8, 4) is 5.75 Å². The zero-order valence-electron chi connectivity index (χ0n) is 14.7. The van der Waals surface area contributed by atoms with Crippen molar-refractivity contribution in [3.63, 3.8) is 0 Å². The highest BCUT2D eigenvalue weighted by Crippen LogP contribution is 2.21. The van der Waals surface area contributed by atoms with E-state index < -0.39 is 18.4 Å². The summed E-state index contributed by atoms with van der Waals surface area (Å²) in [5.41, 5.74) is 2.33. The van der Waals surface area contributed by atoms with Crippen molar-refractivity contribution in [1.82, 2.24) is 15.3 Å². The first-order chi connectivity index (χ1) is 13.4. The molecule has 1 aromatic heterocycles. The Balaban J connectivity index is 1.58. The van der Waals surface area contributed by atoms with Crippen LogP contribution in [0.4, 0.5) is 8.78 Å². The number of alkyl halides is 2. The molecule has 3 rings (SSSR count). The Bertz CT molecular complexity index is 1010. The molecule has 2 aromatic carbocycles. The number of benzene rings is 2. The fraction of sp³-hybridized carbons (Fsp3) is 0.158. The van der Waals surface area contributed by atoms with E-state index in [9.17, 15) is 18.4 Å². The molecule has 0 aliphatic rings. The second-order valence-corrected chi connectivity index (χ2v) is 6.64. The fourth-order valence-corrected chi connectivity index (χ4v) is 3.12. The van der Waals surface area contributed by atoms with Crippen LogP contribution >= 0.6 is 11.8 Å². The number of aromatic nitrogens is 2. The molecule has 9 heteroatoms. The maximum atomic E-state index is 12.1. The summed E-state index contributed by atoms with van der Waals surface area (Å²) >= 11 is 1.18. The van der Waals surface area contributed by atoms with Gasteiger partial charge in [-0.15, -0.1) is 0 Å². The lowest BCUT2D eigenvalue weighted by Crippen LogP contribution is -2.31. The van der Waals surface area contributed by atoms with Crippen LogP contribution in [-0.2, 0) is 4.79 Å². The number of para-hydroxylation sites is 2. The molecule has 28 heavy (non-hydrogen) atoms. The molecule has 6 nitrogen and oxygen atoms in total. The van der Waals surface area contributed by atoms with Gasteiger partial charge in [-0.3, -0.25) is 14.9 Å². The third-order valence-corrected chi connectivity index (χ3v) is 4.70. The predicted octanol–water partition coefficient (Wildman–Crippen LogP) is 3.59. The van der Waals surface area contributed by atoms with Crippen LogP contribution in [0.15, 0.2) is 53.6 Å². The maximum Gasteiger partial charge on any atom is 0.387 e. The number of nitrogens with zero attached hydrogens (tertiary/aromatic N) is 2. The van der Waals surface area contributed by atoms with Gasteiger partial charge in [-0.05, 0) is 43.3 Å². The smallest absolute Gasteiger partial charge is 0.387 e. The first-order valence-corrected chi connectivity index (χ1v) is 9.16.